The molecule has 0 saturated heterocycles. The van der Waals surface area contributed by atoms with Crippen LogP contribution in [-0.2, 0) is 11.3 Å². The highest BCUT2D eigenvalue weighted by Crippen LogP contribution is 2.34. The minimum Gasteiger partial charge on any atom is -0.342 e. The van der Waals surface area contributed by atoms with Crippen LogP contribution in [0.3, 0.4) is 0 Å². The highest BCUT2D eigenvalue weighted by Gasteiger charge is 2.21. The molecule has 3 aromatic rings. The van der Waals surface area contributed by atoms with Crippen molar-refractivity contribution in [2.24, 2.45) is 0 Å². The average molecular weight is 527 g/mol. The molecular formula is C22H22Cl3N5O2S. The van der Waals surface area contributed by atoms with E-state index in [2.05, 4.69) is 20.8 Å². The molecule has 2 aromatic carbocycles. The normalized spacial score (nSPS) is 11.8. The van der Waals surface area contributed by atoms with Crippen molar-refractivity contribution in [3.63, 3.8) is 0 Å². The van der Waals surface area contributed by atoms with Gasteiger partial charge in [-0.15, -0.1) is 10.2 Å². The molecule has 7 nitrogen and oxygen atoms in total. The lowest BCUT2D eigenvalue weighted by Crippen LogP contribution is -2.29. The minimum atomic E-state index is -0.376. The molecule has 1 aromatic heterocycles. The average Bonchev–Trinajstić information content (AvgIpc) is 3.18. The Labute approximate surface area is 211 Å². The van der Waals surface area contributed by atoms with Gasteiger partial charge >= 0.3 is 0 Å². The van der Waals surface area contributed by atoms with Gasteiger partial charge < -0.3 is 15.2 Å². The Morgan fingerprint density at radius 2 is 1.79 bits per heavy atom. The van der Waals surface area contributed by atoms with E-state index in [0.717, 1.165) is 5.56 Å². The van der Waals surface area contributed by atoms with E-state index in [-0.39, 0.29) is 33.7 Å². The molecule has 1 heterocycles. The van der Waals surface area contributed by atoms with Crippen LogP contribution >= 0.6 is 46.6 Å². The van der Waals surface area contributed by atoms with Crippen LogP contribution < -0.4 is 10.6 Å². The van der Waals surface area contributed by atoms with Gasteiger partial charge in [0.15, 0.2) is 11.0 Å². The van der Waals surface area contributed by atoms with Gasteiger partial charge in [-0.05, 0) is 44.5 Å². The molecule has 1 atom stereocenters. The van der Waals surface area contributed by atoms with Gasteiger partial charge in [-0.25, -0.2) is 0 Å². The summed E-state index contributed by atoms with van der Waals surface area (Å²) in [5.41, 5.74) is 1.80. The van der Waals surface area contributed by atoms with Crippen molar-refractivity contribution in [2.45, 2.75) is 38.5 Å². The smallest absolute Gasteiger partial charge is 0.252 e. The van der Waals surface area contributed by atoms with Gasteiger partial charge in [-0.2, -0.15) is 0 Å². The molecule has 2 amide bonds. The summed E-state index contributed by atoms with van der Waals surface area (Å²) in [5, 5.41) is 15.6. The van der Waals surface area contributed by atoms with E-state index in [4.69, 9.17) is 34.8 Å². The first-order valence-electron chi connectivity index (χ1n) is 10.1. The second-order valence-electron chi connectivity index (χ2n) is 7.18. The van der Waals surface area contributed by atoms with E-state index < -0.39 is 0 Å². The topological polar surface area (TPSA) is 88.9 Å². The van der Waals surface area contributed by atoms with Crippen LogP contribution in [-0.4, -0.2) is 32.3 Å². The summed E-state index contributed by atoms with van der Waals surface area (Å²) < 4.78 is 1.86. The lowest BCUT2D eigenvalue weighted by molar-refractivity contribution is -0.113. The molecule has 0 saturated carbocycles. The number of nitrogens with zero attached hydrogens (tertiary/aromatic N) is 3. The summed E-state index contributed by atoms with van der Waals surface area (Å²) in [6.45, 7) is 6.25. The molecule has 33 heavy (non-hydrogen) atoms. The Morgan fingerprint density at radius 3 is 2.42 bits per heavy atom. The van der Waals surface area contributed by atoms with E-state index in [9.17, 15) is 9.59 Å². The van der Waals surface area contributed by atoms with Crippen molar-refractivity contribution >= 4 is 64.1 Å². The largest absolute Gasteiger partial charge is 0.342 e. The number of carbonyl (C=O) groups is 2. The molecule has 2 N–H and O–H groups in total. The first kappa shape index (κ1) is 25.4. The molecule has 174 valence electrons. The van der Waals surface area contributed by atoms with Crippen LogP contribution in [0.5, 0.6) is 0 Å². The number of amides is 2. The van der Waals surface area contributed by atoms with Crippen LogP contribution in [0.2, 0.25) is 15.1 Å². The van der Waals surface area contributed by atoms with Crippen molar-refractivity contribution in [1.29, 1.82) is 0 Å². The number of rotatable bonds is 8. The Morgan fingerprint density at radius 1 is 1.12 bits per heavy atom. The number of anilines is 1. The van der Waals surface area contributed by atoms with Crippen LogP contribution in [0.25, 0.3) is 0 Å². The van der Waals surface area contributed by atoms with Gasteiger partial charge in [0.1, 0.15) is 0 Å². The molecule has 0 radical (unpaired) electrons. The van der Waals surface area contributed by atoms with Gasteiger partial charge in [0.05, 0.1) is 27.5 Å². The number of benzene rings is 2. The van der Waals surface area contributed by atoms with Crippen molar-refractivity contribution < 1.29 is 9.59 Å². The molecule has 0 aliphatic heterocycles. The summed E-state index contributed by atoms with van der Waals surface area (Å²) in [6, 6.07) is 10.0. The summed E-state index contributed by atoms with van der Waals surface area (Å²) >= 11 is 19.4. The molecule has 0 fully saturated rings. The zero-order chi connectivity index (χ0) is 24.1. The number of aryl methyl sites for hydroxylation is 1. The molecular weight excluding hydrogens is 505 g/mol. The lowest BCUT2D eigenvalue weighted by atomic mass is 10.1. The standard InChI is InChI=1S/C22H22Cl3N5O2S/c1-4-30-20(13(3)26-21(32)15-8-6-5-7-12(15)2)28-29-22(30)33-11-18(31)27-19-16(24)9-14(23)10-17(19)25/h5-10,13H,4,11H2,1-3H3,(H,26,32)(H,27,31)/t13-/m1/s1. The van der Waals surface area contributed by atoms with Crippen molar-refractivity contribution in [1.82, 2.24) is 20.1 Å². The minimum absolute atomic E-state index is 0.0668. The predicted octanol–water partition coefficient (Wildman–Crippen LogP) is 5.79. The highest BCUT2D eigenvalue weighted by molar-refractivity contribution is 7.99. The number of aromatic nitrogens is 3. The van der Waals surface area contributed by atoms with Gasteiger partial charge in [0.25, 0.3) is 5.91 Å². The SMILES string of the molecule is CCn1c(SCC(=O)Nc2c(Cl)cc(Cl)cc2Cl)nnc1[C@@H](C)NC(=O)c1ccccc1C. The number of hydrogen-bond donors (Lipinski definition) is 2. The van der Waals surface area contributed by atoms with Crippen molar-refractivity contribution in [3.05, 3.63) is 68.4 Å². The Hall–Kier alpha value is -2.26. The number of halogens is 3. The number of carbonyl (C=O) groups excluding carboxylic acids is 2. The van der Waals surface area contributed by atoms with E-state index in [1.165, 1.54) is 23.9 Å². The Bertz CT molecular complexity index is 1160. The monoisotopic (exact) mass is 525 g/mol. The van der Waals surface area contributed by atoms with E-state index in [1.807, 2.05) is 43.5 Å². The molecule has 0 aliphatic carbocycles. The highest BCUT2D eigenvalue weighted by atomic mass is 35.5. The summed E-state index contributed by atoms with van der Waals surface area (Å²) in [6.07, 6.45) is 0. The second kappa shape index (κ2) is 11.2. The fraction of sp³-hybridized carbons (Fsp3) is 0.273. The summed E-state index contributed by atoms with van der Waals surface area (Å²) in [7, 11) is 0. The fourth-order valence-corrected chi connectivity index (χ4v) is 4.88. The first-order valence-corrected chi connectivity index (χ1v) is 12.2. The zero-order valence-electron chi connectivity index (χ0n) is 18.2. The second-order valence-corrected chi connectivity index (χ2v) is 9.37. The molecule has 0 spiro atoms. The quantitative estimate of drug-likeness (QED) is 0.363. The molecule has 0 aliphatic rings. The number of hydrogen-bond acceptors (Lipinski definition) is 5. The summed E-state index contributed by atoms with van der Waals surface area (Å²) in [4.78, 5) is 25.1. The van der Waals surface area contributed by atoms with Crippen LogP contribution in [0.15, 0.2) is 41.6 Å². The lowest BCUT2D eigenvalue weighted by Gasteiger charge is -2.16. The Kier molecular flexibility index (Phi) is 8.64. The maximum atomic E-state index is 12.7. The van der Waals surface area contributed by atoms with Gasteiger partial charge in [-0.3, -0.25) is 9.59 Å². The molecule has 3 rings (SSSR count). The first-order chi connectivity index (χ1) is 15.7. The van der Waals surface area contributed by atoms with Crippen molar-refractivity contribution in [2.75, 3.05) is 11.1 Å². The van der Waals surface area contributed by atoms with Crippen LogP contribution in [0.4, 0.5) is 5.69 Å². The summed E-state index contributed by atoms with van der Waals surface area (Å²) in [5.74, 6) is 0.180. The molecule has 0 bridgehead atoms. The van der Waals surface area contributed by atoms with Crippen LogP contribution in [0.1, 0.15) is 41.6 Å². The van der Waals surface area contributed by atoms with Crippen LogP contribution in [0, 0.1) is 6.92 Å². The van der Waals surface area contributed by atoms with E-state index >= 15 is 0 Å². The maximum absolute atomic E-state index is 12.7. The number of nitrogens with one attached hydrogen (secondary N) is 2. The third-order valence-corrected chi connectivity index (χ3v) is 6.57. The maximum Gasteiger partial charge on any atom is 0.252 e. The molecule has 0 unspecified atom stereocenters. The van der Waals surface area contributed by atoms with Gasteiger partial charge in [0, 0.05) is 17.1 Å². The molecule has 11 heteroatoms. The third-order valence-electron chi connectivity index (χ3n) is 4.79. The van der Waals surface area contributed by atoms with E-state index in [0.29, 0.717) is 33.8 Å². The van der Waals surface area contributed by atoms with Gasteiger partial charge in [-0.1, -0.05) is 64.8 Å². The zero-order valence-corrected chi connectivity index (χ0v) is 21.2. The Balaban J connectivity index is 1.66. The van der Waals surface area contributed by atoms with Gasteiger partial charge in [0.2, 0.25) is 5.91 Å². The predicted molar refractivity (Wildman–Crippen MR) is 134 cm³/mol. The third kappa shape index (κ3) is 6.20. The fourth-order valence-electron chi connectivity index (χ4n) is 3.16. The van der Waals surface area contributed by atoms with E-state index in [1.54, 1.807) is 6.07 Å². The van der Waals surface area contributed by atoms with Crippen molar-refractivity contribution in [3.8, 4) is 0 Å². The number of thioether (sulfide) groups is 1.